The first kappa shape index (κ1) is 25.7. The molecule has 0 N–H and O–H groups in total. The number of likely N-dealkylation sites (tertiary alicyclic amines) is 1. The number of imidazole rings is 1. The van der Waals surface area contributed by atoms with Crippen molar-refractivity contribution >= 4 is 5.65 Å². The highest BCUT2D eigenvalue weighted by Crippen LogP contribution is 2.40. The molecule has 1 aliphatic heterocycles. The van der Waals surface area contributed by atoms with Crippen LogP contribution < -0.4 is 4.74 Å². The highest BCUT2D eigenvalue weighted by molar-refractivity contribution is 5.72. The maximum atomic E-state index is 9.35. The third-order valence-corrected chi connectivity index (χ3v) is 8.49. The van der Waals surface area contributed by atoms with Crippen LogP contribution >= 0.6 is 0 Å². The average molecular weight is 500 g/mol. The molecular formula is C31H41N5O. The lowest BCUT2D eigenvalue weighted by molar-refractivity contribution is 0.129. The first-order chi connectivity index (χ1) is 18.2. The normalized spacial score (nSPS) is 23.6. The molecule has 1 aliphatic carbocycles. The molecule has 2 aliphatic rings. The zero-order chi connectivity index (χ0) is 25.6. The molecule has 1 saturated heterocycles. The van der Waals surface area contributed by atoms with Crippen molar-refractivity contribution in [3.8, 4) is 23.3 Å². The summed E-state index contributed by atoms with van der Waals surface area (Å²) in [7, 11) is 0. The lowest BCUT2D eigenvalue weighted by Crippen LogP contribution is -2.37. The Morgan fingerprint density at radius 1 is 1.03 bits per heavy atom. The van der Waals surface area contributed by atoms with Crippen LogP contribution in [-0.2, 0) is 0 Å². The first-order valence-electron chi connectivity index (χ1n) is 14.4. The van der Waals surface area contributed by atoms with Crippen molar-refractivity contribution in [2.75, 3.05) is 26.2 Å². The SMILES string of the molecule is CCN1CCCC(COc2nc(-c3ccc(C#N)cc3)c(C3CCCCC(C)CCC3)c3nccn23)C1. The summed E-state index contributed by atoms with van der Waals surface area (Å²) in [5, 5.41) is 9.35. The number of benzene rings is 1. The molecule has 1 aromatic carbocycles. The largest absolute Gasteiger partial charge is 0.464 e. The topological polar surface area (TPSA) is 66.5 Å². The Labute approximate surface area is 221 Å². The molecular weight excluding hydrogens is 458 g/mol. The highest BCUT2D eigenvalue weighted by Gasteiger charge is 2.26. The number of fused-ring (bicyclic) bond motifs is 1. The van der Waals surface area contributed by atoms with Crippen LogP contribution in [0.15, 0.2) is 36.7 Å². The van der Waals surface area contributed by atoms with Crippen molar-refractivity contribution in [2.45, 2.75) is 77.6 Å². The van der Waals surface area contributed by atoms with E-state index in [2.05, 4.69) is 29.2 Å². The molecule has 6 nitrogen and oxygen atoms in total. The quantitative estimate of drug-likeness (QED) is 0.371. The summed E-state index contributed by atoms with van der Waals surface area (Å²) < 4.78 is 8.54. The van der Waals surface area contributed by atoms with Gasteiger partial charge in [-0.25, -0.2) is 4.98 Å². The predicted octanol–water partition coefficient (Wildman–Crippen LogP) is 6.84. The van der Waals surface area contributed by atoms with Gasteiger partial charge >= 0.3 is 6.01 Å². The number of hydrogen-bond acceptors (Lipinski definition) is 5. The molecule has 2 fully saturated rings. The second-order valence-corrected chi connectivity index (χ2v) is 11.2. The molecule has 37 heavy (non-hydrogen) atoms. The third-order valence-electron chi connectivity index (χ3n) is 8.49. The predicted molar refractivity (Wildman–Crippen MR) is 148 cm³/mol. The van der Waals surface area contributed by atoms with Crippen LogP contribution in [0.4, 0.5) is 0 Å². The van der Waals surface area contributed by atoms with Gasteiger partial charge in [-0.2, -0.15) is 10.2 Å². The van der Waals surface area contributed by atoms with Gasteiger partial charge in [-0.05, 0) is 62.7 Å². The smallest absolute Gasteiger partial charge is 0.302 e. The van der Waals surface area contributed by atoms with Gasteiger partial charge in [0.15, 0.2) is 0 Å². The van der Waals surface area contributed by atoms with Gasteiger partial charge in [0.05, 0.1) is 23.9 Å². The number of rotatable bonds is 6. The Kier molecular flexibility index (Phi) is 8.41. The Morgan fingerprint density at radius 2 is 1.81 bits per heavy atom. The number of piperidine rings is 1. The molecule has 1 saturated carbocycles. The van der Waals surface area contributed by atoms with E-state index < -0.39 is 0 Å². The fourth-order valence-electron chi connectivity index (χ4n) is 6.31. The van der Waals surface area contributed by atoms with Crippen LogP contribution in [-0.4, -0.2) is 45.5 Å². The molecule has 3 heterocycles. The van der Waals surface area contributed by atoms with Gasteiger partial charge in [0, 0.05) is 36.0 Å². The van der Waals surface area contributed by atoms with E-state index in [1.807, 2.05) is 36.7 Å². The van der Waals surface area contributed by atoms with Crippen LogP contribution in [0.25, 0.3) is 16.9 Å². The molecule has 0 amide bonds. The average Bonchev–Trinajstić information content (AvgIpc) is 3.46. The molecule has 3 unspecified atom stereocenters. The van der Waals surface area contributed by atoms with Crippen LogP contribution in [0.2, 0.25) is 0 Å². The Balaban J connectivity index is 1.52. The van der Waals surface area contributed by atoms with Crippen LogP contribution in [0, 0.1) is 23.2 Å². The molecule has 2 aromatic heterocycles. The minimum absolute atomic E-state index is 0.416. The van der Waals surface area contributed by atoms with Crippen molar-refractivity contribution < 1.29 is 4.74 Å². The zero-order valence-electron chi connectivity index (χ0n) is 22.5. The number of nitriles is 1. The van der Waals surface area contributed by atoms with E-state index in [1.54, 1.807) is 0 Å². The Bertz CT molecular complexity index is 1210. The number of nitrogens with zero attached hydrogens (tertiary/aromatic N) is 5. The molecule has 3 atom stereocenters. The van der Waals surface area contributed by atoms with Crippen LogP contribution in [0.5, 0.6) is 6.01 Å². The Hall–Kier alpha value is -2.91. The monoisotopic (exact) mass is 499 g/mol. The molecule has 0 bridgehead atoms. The van der Waals surface area contributed by atoms with E-state index in [9.17, 15) is 5.26 Å². The minimum Gasteiger partial charge on any atom is -0.464 e. The molecule has 3 aromatic rings. The number of hydrogen-bond donors (Lipinski definition) is 0. The van der Waals surface area contributed by atoms with Gasteiger partial charge in [0.1, 0.15) is 5.65 Å². The summed E-state index contributed by atoms with van der Waals surface area (Å²) in [6, 6.07) is 10.7. The van der Waals surface area contributed by atoms with E-state index in [4.69, 9.17) is 14.7 Å². The number of ether oxygens (including phenoxy) is 1. The van der Waals surface area contributed by atoms with Crippen LogP contribution in [0.1, 0.15) is 88.7 Å². The van der Waals surface area contributed by atoms with E-state index in [0.29, 0.717) is 30.0 Å². The zero-order valence-corrected chi connectivity index (χ0v) is 22.5. The summed E-state index contributed by atoms with van der Waals surface area (Å²) in [5.41, 5.74) is 4.88. The summed E-state index contributed by atoms with van der Waals surface area (Å²) in [6.07, 6.45) is 15.0. The van der Waals surface area contributed by atoms with Gasteiger partial charge in [0.2, 0.25) is 0 Å². The maximum absolute atomic E-state index is 9.35. The van der Waals surface area contributed by atoms with E-state index >= 15 is 0 Å². The third kappa shape index (κ3) is 5.99. The van der Waals surface area contributed by atoms with Crippen molar-refractivity contribution in [3.05, 3.63) is 47.8 Å². The standard InChI is InChI=1S/C31H41N5O/c1-3-35-18-7-10-25(21-35)22-37-31-34-29(27-15-13-24(20-32)14-16-27)28(30-33-17-19-36(30)31)26-11-5-4-8-23(2)9-6-12-26/h13-17,19,23,25-26H,3-12,18,21-22H2,1-2H3. The first-order valence-corrected chi connectivity index (χ1v) is 14.4. The Morgan fingerprint density at radius 3 is 2.62 bits per heavy atom. The van der Waals surface area contributed by atoms with Crippen molar-refractivity contribution in [1.29, 1.82) is 5.26 Å². The fraction of sp³-hybridized carbons (Fsp3) is 0.581. The van der Waals surface area contributed by atoms with Gasteiger partial charge < -0.3 is 9.64 Å². The second kappa shape index (κ2) is 12.1. The molecule has 0 spiro atoms. The van der Waals surface area contributed by atoms with Gasteiger partial charge in [-0.15, -0.1) is 0 Å². The van der Waals surface area contributed by atoms with Gasteiger partial charge in [0.25, 0.3) is 0 Å². The fourth-order valence-corrected chi connectivity index (χ4v) is 6.31. The second-order valence-electron chi connectivity index (χ2n) is 11.2. The minimum atomic E-state index is 0.416. The summed E-state index contributed by atoms with van der Waals surface area (Å²) in [5.74, 6) is 1.74. The van der Waals surface area contributed by atoms with E-state index in [0.717, 1.165) is 48.8 Å². The molecule has 196 valence electrons. The summed E-state index contributed by atoms with van der Waals surface area (Å²) in [6.45, 7) is 8.68. The van der Waals surface area contributed by atoms with E-state index in [-0.39, 0.29) is 0 Å². The lowest BCUT2D eigenvalue weighted by atomic mass is 9.87. The highest BCUT2D eigenvalue weighted by atomic mass is 16.5. The lowest BCUT2D eigenvalue weighted by Gasteiger charge is -2.31. The van der Waals surface area contributed by atoms with Crippen molar-refractivity contribution in [1.82, 2.24) is 19.3 Å². The van der Waals surface area contributed by atoms with Gasteiger partial charge in [-0.3, -0.25) is 4.40 Å². The maximum Gasteiger partial charge on any atom is 0.302 e. The van der Waals surface area contributed by atoms with E-state index in [1.165, 1.54) is 57.1 Å². The summed E-state index contributed by atoms with van der Waals surface area (Å²) in [4.78, 5) is 12.6. The summed E-state index contributed by atoms with van der Waals surface area (Å²) >= 11 is 0. The van der Waals surface area contributed by atoms with Gasteiger partial charge in [-0.1, -0.05) is 58.1 Å². The van der Waals surface area contributed by atoms with Crippen LogP contribution in [0.3, 0.4) is 0 Å². The molecule has 0 radical (unpaired) electrons. The number of aromatic nitrogens is 3. The molecule has 6 heteroatoms. The molecule has 5 rings (SSSR count). The van der Waals surface area contributed by atoms with Crippen molar-refractivity contribution in [2.24, 2.45) is 11.8 Å². The van der Waals surface area contributed by atoms with Crippen molar-refractivity contribution in [3.63, 3.8) is 0 Å².